The third kappa shape index (κ3) is 6.75. The van der Waals surface area contributed by atoms with Gasteiger partial charge < -0.3 is 18.3 Å². The van der Waals surface area contributed by atoms with Crippen molar-refractivity contribution in [3.63, 3.8) is 0 Å². The molecular formula is C7H18O4Si. The van der Waals surface area contributed by atoms with Gasteiger partial charge in [0.05, 0.1) is 0 Å². The predicted molar refractivity (Wildman–Crippen MR) is 48.0 cm³/mol. The van der Waals surface area contributed by atoms with E-state index in [0.29, 0.717) is 6.61 Å². The van der Waals surface area contributed by atoms with Crippen molar-refractivity contribution in [2.75, 3.05) is 27.3 Å². The largest absolute Gasteiger partial charge is 0.398 e. The van der Waals surface area contributed by atoms with E-state index in [1.54, 1.807) is 7.11 Å². The van der Waals surface area contributed by atoms with Gasteiger partial charge in [0, 0.05) is 13.7 Å². The van der Waals surface area contributed by atoms with E-state index >= 15 is 0 Å². The molecule has 0 aromatic rings. The summed E-state index contributed by atoms with van der Waals surface area (Å²) in [4.78, 5) is 0. The molecule has 0 aliphatic heterocycles. The predicted octanol–water partition coefficient (Wildman–Crippen LogP) is 1.32. The minimum atomic E-state index is -1.92. The van der Waals surface area contributed by atoms with Crippen molar-refractivity contribution in [2.24, 2.45) is 0 Å². The molecule has 0 amide bonds. The highest BCUT2D eigenvalue weighted by atomic mass is 28.4. The second kappa shape index (κ2) is 6.56. The van der Waals surface area contributed by atoms with Gasteiger partial charge >= 0.3 is 8.56 Å². The molecule has 0 aromatic heterocycles. The lowest BCUT2D eigenvalue weighted by molar-refractivity contribution is -0.104. The maximum Gasteiger partial charge on any atom is 0.333 e. The third-order valence-corrected chi connectivity index (χ3v) is 3.15. The zero-order chi connectivity index (χ0) is 9.45. The Balaban J connectivity index is 3.19. The Morgan fingerprint density at radius 1 is 1.08 bits per heavy atom. The number of ether oxygens (including phenoxy) is 2. The zero-order valence-electron chi connectivity index (χ0n) is 8.25. The molecule has 0 spiro atoms. The summed E-state index contributed by atoms with van der Waals surface area (Å²) >= 11 is 0. The van der Waals surface area contributed by atoms with Crippen molar-refractivity contribution in [1.82, 2.24) is 0 Å². The van der Waals surface area contributed by atoms with E-state index < -0.39 is 8.56 Å². The van der Waals surface area contributed by atoms with Crippen molar-refractivity contribution >= 4 is 8.56 Å². The van der Waals surface area contributed by atoms with Gasteiger partial charge in [-0.2, -0.15) is 0 Å². The van der Waals surface area contributed by atoms with E-state index in [4.69, 9.17) is 18.3 Å². The maximum atomic E-state index is 5.34. The number of hydrogen-bond donors (Lipinski definition) is 0. The molecular weight excluding hydrogens is 176 g/mol. The smallest absolute Gasteiger partial charge is 0.333 e. The summed E-state index contributed by atoms with van der Waals surface area (Å²) in [5, 5.41) is 0. The van der Waals surface area contributed by atoms with Gasteiger partial charge in [0.15, 0.2) is 0 Å². The molecule has 0 unspecified atom stereocenters. The Hall–Kier alpha value is 0.0569. The van der Waals surface area contributed by atoms with Gasteiger partial charge in [-0.15, -0.1) is 0 Å². The molecule has 0 heterocycles. The van der Waals surface area contributed by atoms with Crippen molar-refractivity contribution in [3.05, 3.63) is 0 Å². The summed E-state index contributed by atoms with van der Waals surface area (Å²) in [5.74, 6) is 0. The Kier molecular flexibility index (Phi) is 6.59. The molecule has 0 aromatic carbocycles. The lowest BCUT2D eigenvalue weighted by atomic mass is 10.9. The number of hydrogen-bond acceptors (Lipinski definition) is 4. The molecule has 0 fully saturated rings. The van der Waals surface area contributed by atoms with Crippen LogP contribution in [0.1, 0.15) is 6.92 Å². The zero-order valence-corrected chi connectivity index (χ0v) is 9.25. The monoisotopic (exact) mass is 194 g/mol. The second-order valence-corrected chi connectivity index (χ2v) is 6.18. The molecule has 0 bridgehead atoms. The average Bonchev–Trinajstić information content (AvgIpc) is 2.04. The van der Waals surface area contributed by atoms with E-state index in [9.17, 15) is 0 Å². The number of rotatable bonds is 7. The molecule has 5 heteroatoms. The molecule has 0 saturated heterocycles. The third-order valence-electron chi connectivity index (χ3n) is 1.35. The summed E-state index contributed by atoms with van der Waals surface area (Å²) < 4.78 is 20.5. The Morgan fingerprint density at radius 2 is 1.75 bits per heavy atom. The molecule has 0 atom stereocenters. The Morgan fingerprint density at radius 3 is 2.25 bits per heavy atom. The fraction of sp³-hybridized carbons (Fsp3) is 1.00. The van der Waals surface area contributed by atoms with Crippen molar-refractivity contribution in [2.45, 2.75) is 20.0 Å². The van der Waals surface area contributed by atoms with E-state index in [2.05, 4.69) is 0 Å². The van der Waals surface area contributed by atoms with E-state index in [1.165, 1.54) is 0 Å². The molecule has 0 aliphatic carbocycles. The summed E-state index contributed by atoms with van der Waals surface area (Å²) in [6.45, 7) is 7.01. The SMILES string of the molecule is CCOCOCO[Si](C)(C)OC. The topological polar surface area (TPSA) is 36.9 Å². The van der Waals surface area contributed by atoms with Crippen LogP contribution >= 0.6 is 0 Å². The fourth-order valence-corrected chi connectivity index (χ4v) is 0.904. The molecule has 4 nitrogen and oxygen atoms in total. The van der Waals surface area contributed by atoms with Crippen molar-refractivity contribution in [1.29, 1.82) is 0 Å². The fourth-order valence-electron chi connectivity index (χ4n) is 0.419. The van der Waals surface area contributed by atoms with Gasteiger partial charge in [-0.1, -0.05) is 0 Å². The lowest BCUT2D eigenvalue weighted by Crippen LogP contribution is -2.34. The highest BCUT2D eigenvalue weighted by Gasteiger charge is 2.21. The second-order valence-electron chi connectivity index (χ2n) is 2.68. The van der Waals surface area contributed by atoms with Crippen molar-refractivity contribution in [3.8, 4) is 0 Å². The van der Waals surface area contributed by atoms with E-state index in [1.807, 2.05) is 20.0 Å². The Labute approximate surface area is 75.0 Å². The van der Waals surface area contributed by atoms with Gasteiger partial charge in [0.25, 0.3) is 0 Å². The lowest BCUT2D eigenvalue weighted by Gasteiger charge is -2.19. The first-order chi connectivity index (χ1) is 5.62. The first-order valence-corrected chi connectivity index (χ1v) is 6.78. The van der Waals surface area contributed by atoms with Crippen LogP contribution in [0, 0.1) is 0 Å². The van der Waals surface area contributed by atoms with Crippen LogP contribution in [0.3, 0.4) is 0 Å². The van der Waals surface area contributed by atoms with Gasteiger partial charge in [-0.3, -0.25) is 0 Å². The molecule has 0 radical (unpaired) electrons. The highest BCUT2D eigenvalue weighted by molar-refractivity contribution is 6.64. The summed E-state index contributed by atoms with van der Waals surface area (Å²) in [5.41, 5.74) is 0. The highest BCUT2D eigenvalue weighted by Crippen LogP contribution is 2.03. The Bertz CT molecular complexity index is 108. The first kappa shape index (κ1) is 12.1. The van der Waals surface area contributed by atoms with E-state index in [0.717, 1.165) is 0 Å². The van der Waals surface area contributed by atoms with Gasteiger partial charge in [-0.05, 0) is 20.0 Å². The van der Waals surface area contributed by atoms with Gasteiger partial charge in [0.1, 0.15) is 13.6 Å². The van der Waals surface area contributed by atoms with Crippen molar-refractivity contribution < 1.29 is 18.3 Å². The first-order valence-electron chi connectivity index (χ1n) is 3.97. The normalized spacial score (nSPS) is 12.0. The van der Waals surface area contributed by atoms with Gasteiger partial charge in [0.2, 0.25) is 0 Å². The van der Waals surface area contributed by atoms with Crippen LogP contribution in [0.5, 0.6) is 0 Å². The van der Waals surface area contributed by atoms with Crippen LogP contribution in [0.4, 0.5) is 0 Å². The summed E-state index contributed by atoms with van der Waals surface area (Å²) in [7, 11) is -0.270. The standard InChI is InChI=1S/C7H18O4Si/c1-5-9-6-10-7-11-12(3,4)8-2/h5-7H2,1-4H3. The minimum Gasteiger partial charge on any atom is -0.398 e. The summed E-state index contributed by atoms with van der Waals surface area (Å²) in [6, 6.07) is 0. The molecule has 0 N–H and O–H groups in total. The van der Waals surface area contributed by atoms with Crippen LogP contribution in [-0.2, 0) is 18.3 Å². The molecule has 0 aliphatic rings. The summed E-state index contributed by atoms with van der Waals surface area (Å²) in [6.07, 6.45) is 0. The van der Waals surface area contributed by atoms with E-state index in [-0.39, 0.29) is 13.6 Å². The average molecular weight is 194 g/mol. The van der Waals surface area contributed by atoms with Crippen LogP contribution in [0.25, 0.3) is 0 Å². The molecule has 0 rings (SSSR count). The van der Waals surface area contributed by atoms with Crippen LogP contribution in [-0.4, -0.2) is 35.9 Å². The van der Waals surface area contributed by atoms with Gasteiger partial charge in [-0.25, -0.2) is 0 Å². The minimum absolute atomic E-state index is 0.243. The molecule has 0 saturated carbocycles. The molecule has 12 heavy (non-hydrogen) atoms. The van der Waals surface area contributed by atoms with Crippen LogP contribution in [0.15, 0.2) is 0 Å². The van der Waals surface area contributed by atoms with Crippen LogP contribution in [0.2, 0.25) is 13.1 Å². The molecule has 74 valence electrons. The maximum absolute atomic E-state index is 5.34. The quantitative estimate of drug-likeness (QED) is 0.348. The van der Waals surface area contributed by atoms with Crippen LogP contribution < -0.4 is 0 Å².